The molecule has 1 saturated carbocycles. The van der Waals surface area contributed by atoms with Gasteiger partial charge in [0.15, 0.2) is 0 Å². The minimum absolute atomic E-state index is 0.647. The maximum absolute atomic E-state index is 5.60. The van der Waals surface area contributed by atoms with Crippen LogP contribution in [0.4, 0.5) is 0 Å². The summed E-state index contributed by atoms with van der Waals surface area (Å²) >= 11 is 0. The minimum Gasteiger partial charge on any atom is -0.326 e. The van der Waals surface area contributed by atoms with Crippen LogP contribution in [0.3, 0.4) is 0 Å². The predicted molar refractivity (Wildman–Crippen MR) is 65.8 cm³/mol. The van der Waals surface area contributed by atoms with E-state index in [4.69, 9.17) is 5.73 Å². The van der Waals surface area contributed by atoms with Gasteiger partial charge in [-0.05, 0) is 35.8 Å². The molecular formula is C14H20N2. The number of benzene rings is 1. The van der Waals surface area contributed by atoms with Gasteiger partial charge in [0.05, 0.1) is 0 Å². The van der Waals surface area contributed by atoms with Gasteiger partial charge in [-0.25, -0.2) is 0 Å². The lowest BCUT2D eigenvalue weighted by molar-refractivity contribution is 0.0228. The van der Waals surface area contributed by atoms with E-state index in [1.807, 2.05) is 0 Å². The highest BCUT2D eigenvalue weighted by Crippen LogP contribution is 2.39. The molecule has 0 amide bonds. The Morgan fingerprint density at radius 3 is 2.12 bits per heavy atom. The zero-order chi connectivity index (χ0) is 11.0. The molecule has 0 spiro atoms. The van der Waals surface area contributed by atoms with Crippen LogP contribution in [0.5, 0.6) is 0 Å². The van der Waals surface area contributed by atoms with Crippen LogP contribution in [0.2, 0.25) is 0 Å². The highest BCUT2D eigenvalue weighted by atomic mass is 15.1. The largest absolute Gasteiger partial charge is 0.326 e. The van der Waals surface area contributed by atoms with Gasteiger partial charge in [-0.2, -0.15) is 0 Å². The summed E-state index contributed by atoms with van der Waals surface area (Å²) in [5.74, 6) is 2.00. The molecule has 2 N–H and O–H groups in total. The molecule has 2 nitrogen and oxygen atoms in total. The molecule has 3 fully saturated rings. The van der Waals surface area contributed by atoms with Gasteiger partial charge >= 0.3 is 0 Å². The Hall–Kier alpha value is -0.860. The van der Waals surface area contributed by atoms with E-state index in [0.29, 0.717) is 6.54 Å². The molecule has 86 valence electrons. The zero-order valence-corrected chi connectivity index (χ0v) is 9.73. The number of piperidine rings is 2. The van der Waals surface area contributed by atoms with Crippen LogP contribution < -0.4 is 5.73 Å². The van der Waals surface area contributed by atoms with E-state index in [0.717, 1.165) is 18.4 Å². The third-order valence-corrected chi connectivity index (χ3v) is 4.03. The van der Waals surface area contributed by atoms with Crippen molar-refractivity contribution in [3.05, 3.63) is 35.4 Å². The van der Waals surface area contributed by atoms with Gasteiger partial charge in [0.1, 0.15) is 0 Å². The van der Waals surface area contributed by atoms with Gasteiger partial charge in [0, 0.05) is 26.2 Å². The number of rotatable bonds is 3. The fourth-order valence-corrected chi connectivity index (χ4v) is 3.14. The van der Waals surface area contributed by atoms with Crippen molar-refractivity contribution in [3.63, 3.8) is 0 Å². The Balaban J connectivity index is 1.60. The molecule has 0 atom stereocenters. The molecule has 0 radical (unpaired) electrons. The van der Waals surface area contributed by atoms with Crippen LogP contribution in [-0.2, 0) is 13.1 Å². The first kappa shape index (κ1) is 10.3. The van der Waals surface area contributed by atoms with E-state index in [9.17, 15) is 0 Å². The van der Waals surface area contributed by atoms with Crippen molar-refractivity contribution in [1.29, 1.82) is 0 Å². The first-order valence-corrected chi connectivity index (χ1v) is 6.33. The van der Waals surface area contributed by atoms with Crippen molar-refractivity contribution in [3.8, 4) is 0 Å². The Morgan fingerprint density at radius 2 is 1.56 bits per heavy atom. The molecule has 2 heteroatoms. The summed E-state index contributed by atoms with van der Waals surface area (Å²) in [5.41, 5.74) is 8.25. The van der Waals surface area contributed by atoms with Gasteiger partial charge in [0.2, 0.25) is 0 Å². The lowest BCUT2D eigenvalue weighted by atomic mass is 9.71. The van der Waals surface area contributed by atoms with Gasteiger partial charge in [-0.3, -0.25) is 4.90 Å². The Kier molecular flexibility index (Phi) is 2.70. The molecule has 2 aliphatic heterocycles. The Morgan fingerprint density at radius 1 is 1.00 bits per heavy atom. The molecule has 1 aromatic rings. The standard InChI is InChI=1S/C14H20N2/c15-7-11-1-3-12(4-2-11)8-16-9-13-5-14(6-13)10-16/h1-4,13-14H,5-10,15H2. The fourth-order valence-electron chi connectivity index (χ4n) is 3.14. The average Bonchev–Trinajstić information content (AvgIpc) is 2.29. The first-order valence-electron chi connectivity index (χ1n) is 6.33. The Labute approximate surface area is 97.4 Å². The second kappa shape index (κ2) is 4.19. The summed E-state index contributed by atoms with van der Waals surface area (Å²) < 4.78 is 0. The second-order valence-corrected chi connectivity index (χ2v) is 5.42. The van der Waals surface area contributed by atoms with E-state index in [2.05, 4.69) is 29.2 Å². The number of hydrogen-bond donors (Lipinski definition) is 1. The monoisotopic (exact) mass is 216 g/mol. The molecule has 0 aromatic heterocycles. The lowest BCUT2D eigenvalue weighted by Gasteiger charge is -2.47. The number of nitrogens with zero attached hydrogens (tertiary/aromatic N) is 1. The smallest absolute Gasteiger partial charge is 0.0233 e. The van der Waals surface area contributed by atoms with Crippen molar-refractivity contribution >= 4 is 0 Å². The average molecular weight is 216 g/mol. The summed E-state index contributed by atoms with van der Waals surface area (Å²) in [6.07, 6.45) is 2.98. The van der Waals surface area contributed by atoms with E-state index < -0.39 is 0 Å². The van der Waals surface area contributed by atoms with Crippen molar-refractivity contribution < 1.29 is 0 Å². The maximum Gasteiger partial charge on any atom is 0.0233 e. The van der Waals surface area contributed by atoms with E-state index >= 15 is 0 Å². The SMILES string of the molecule is NCc1ccc(CN2CC3CC(C3)C2)cc1. The van der Waals surface area contributed by atoms with Gasteiger partial charge < -0.3 is 5.73 Å². The topological polar surface area (TPSA) is 29.3 Å². The van der Waals surface area contributed by atoms with Crippen molar-refractivity contribution in [2.45, 2.75) is 25.9 Å². The Bertz CT molecular complexity index is 342. The third-order valence-electron chi connectivity index (χ3n) is 4.03. The molecule has 16 heavy (non-hydrogen) atoms. The third kappa shape index (κ3) is 2.00. The summed E-state index contributed by atoms with van der Waals surface area (Å²) in [7, 11) is 0. The van der Waals surface area contributed by atoms with E-state index in [-0.39, 0.29) is 0 Å². The first-order chi connectivity index (χ1) is 7.83. The van der Waals surface area contributed by atoms with Gasteiger partial charge in [0.25, 0.3) is 0 Å². The van der Waals surface area contributed by atoms with E-state index in [1.165, 1.54) is 37.1 Å². The molecule has 1 aliphatic carbocycles. The maximum atomic E-state index is 5.60. The molecule has 0 unspecified atom stereocenters. The molecule has 2 saturated heterocycles. The number of nitrogens with two attached hydrogens (primary N) is 1. The normalized spacial score (nSPS) is 28.8. The molecule has 1 aromatic carbocycles. The van der Waals surface area contributed by atoms with Crippen LogP contribution >= 0.6 is 0 Å². The number of fused-ring (bicyclic) bond motifs is 2. The summed E-state index contributed by atoms with van der Waals surface area (Å²) in [4.78, 5) is 2.61. The molecule has 2 bridgehead atoms. The van der Waals surface area contributed by atoms with Gasteiger partial charge in [-0.15, -0.1) is 0 Å². The fraction of sp³-hybridized carbons (Fsp3) is 0.571. The summed E-state index contributed by atoms with van der Waals surface area (Å²) in [5, 5.41) is 0. The highest BCUT2D eigenvalue weighted by molar-refractivity contribution is 5.22. The molecular weight excluding hydrogens is 196 g/mol. The molecule has 2 heterocycles. The molecule has 4 rings (SSSR count). The lowest BCUT2D eigenvalue weighted by Crippen LogP contribution is -2.47. The minimum atomic E-state index is 0.647. The number of hydrogen-bond acceptors (Lipinski definition) is 2. The quantitative estimate of drug-likeness (QED) is 0.837. The predicted octanol–water partition coefficient (Wildman–Crippen LogP) is 1.99. The van der Waals surface area contributed by atoms with Crippen LogP contribution in [0.1, 0.15) is 24.0 Å². The van der Waals surface area contributed by atoms with Crippen molar-refractivity contribution in [2.75, 3.05) is 13.1 Å². The van der Waals surface area contributed by atoms with Crippen molar-refractivity contribution in [2.24, 2.45) is 17.6 Å². The van der Waals surface area contributed by atoms with Crippen LogP contribution in [0, 0.1) is 11.8 Å². The second-order valence-electron chi connectivity index (χ2n) is 5.42. The molecule has 3 aliphatic rings. The zero-order valence-electron chi connectivity index (χ0n) is 9.73. The van der Waals surface area contributed by atoms with E-state index in [1.54, 1.807) is 0 Å². The summed E-state index contributed by atoms with van der Waals surface area (Å²) in [6, 6.07) is 8.75. The van der Waals surface area contributed by atoms with Crippen LogP contribution in [-0.4, -0.2) is 18.0 Å². The van der Waals surface area contributed by atoms with Gasteiger partial charge in [-0.1, -0.05) is 24.3 Å². The van der Waals surface area contributed by atoms with Crippen LogP contribution in [0.25, 0.3) is 0 Å². The van der Waals surface area contributed by atoms with Crippen molar-refractivity contribution in [1.82, 2.24) is 4.90 Å². The summed E-state index contributed by atoms with van der Waals surface area (Å²) in [6.45, 7) is 4.40. The van der Waals surface area contributed by atoms with Crippen LogP contribution in [0.15, 0.2) is 24.3 Å². The highest BCUT2D eigenvalue weighted by Gasteiger charge is 2.36.